The van der Waals surface area contributed by atoms with Crippen LogP contribution < -0.4 is 5.32 Å². The summed E-state index contributed by atoms with van der Waals surface area (Å²) in [6, 6.07) is 4.73. The molecule has 0 unspecified atom stereocenters. The zero-order chi connectivity index (χ0) is 16.4. The molecule has 0 saturated heterocycles. The van der Waals surface area contributed by atoms with E-state index in [0.29, 0.717) is 6.42 Å². The number of halogens is 2. The van der Waals surface area contributed by atoms with Gasteiger partial charge in [-0.05, 0) is 37.8 Å². The van der Waals surface area contributed by atoms with Crippen LogP contribution in [0.15, 0.2) is 18.2 Å². The molecular weight excluding hydrogens is 290 g/mol. The first kappa shape index (κ1) is 16.1. The Morgan fingerprint density at radius 1 is 1.36 bits per heavy atom. The van der Waals surface area contributed by atoms with Crippen molar-refractivity contribution in [2.24, 2.45) is 11.8 Å². The van der Waals surface area contributed by atoms with E-state index in [1.54, 1.807) is 19.9 Å². The fraction of sp³-hybridized carbons (Fsp3) is 0.438. The van der Waals surface area contributed by atoms with E-state index in [1.807, 2.05) is 0 Å². The maximum absolute atomic E-state index is 13.7. The lowest BCUT2D eigenvalue weighted by Gasteiger charge is -2.12. The van der Waals surface area contributed by atoms with Gasteiger partial charge in [0.2, 0.25) is 5.91 Å². The number of nitrogens with one attached hydrogen (secondary N) is 1. The Labute approximate surface area is 127 Å². The molecule has 22 heavy (non-hydrogen) atoms. The van der Waals surface area contributed by atoms with Crippen molar-refractivity contribution < 1.29 is 18.4 Å². The third-order valence-electron chi connectivity index (χ3n) is 3.62. The average Bonchev–Trinajstić information content (AvgIpc) is 3.18. The summed E-state index contributed by atoms with van der Waals surface area (Å²) >= 11 is 0. The minimum atomic E-state index is -1.39. The van der Waals surface area contributed by atoms with E-state index >= 15 is 0 Å². The van der Waals surface area contributed by atoms with Gasteiger partial charge in [-0.25, -0.2) is 8.78 Å². The number of rotatable bonds is 5. The molecule has 6 heteroatoms. The summed E-state index contributed by atoms with van der Waals surface area (Å²) in [5, 5.41) is 11.6. The highest BCUT2D eigenvalue weighted by Gasteiger charge is 2.48. The van der Waals surface area contributed by atoms with Crippen LogP contribution in [-0.2, 0) is 9.59 Å². The topological polar surface area (TPSA) is 70.0 Å². The van der Waals surface area contributed by atoms with Gasteiger partial charge >= 0.3 is 0 Å². The van der Waals surface area contributed by atoms with Gasteiger partial charge < -0.3 is 5.32 Å². The molecule has 0 radical (unpaired) electrons. The minimum Gasteiger partial charge on any atom is -0.352 e. The second-order valence-corrected chi connectivity index (χ2v) is 5.74. The molecule has 1 aliphatic carbocycles. The fourth-order valence-electron chi connectivity index (χ4n) is 2.49. The maximum atomic E-state index is 13.7. The van der Waals surface area contributed by atoms with Crippen molar-refractivity contribution in [3.05, 3.63) is 35.4 Å². The molecule has 1 saturated carbocycles. The standard InChI is InChI=1S/C16H16F2N2O2/c1-8(2)20-16(22)13(7-19)15(21)12-6-11(12)10-4-3-9(17)5-14(10)18/h3-5,8,11-13H,6H2,1-2H3,(H,20,22)/t11-,12-,13+/m0/s1. The van der Waals surface area contributed by atoms with Gasteiger partial charge in [0.25, 0.3) is 0 Å². The second kappa shape index (κ2) is 6.22. The van der Waals surface area contributed by atoms with Crippen LogP contribution in [-0.4, -0.2) is 17.7 Å². The van der Waals surface area contributed by atoms with Crippen molar-refractivity contribution >= 4 is 11.7 Å². The summed E-state index contributed by atoms with van der Waals surface area (Å²) in [6.07, 6.45) is 0.370. The van der Waals surface area contributed by atoms with Gasteiger partial charge in [-0.15, -0.1) is 0 Å². The third kappa shape index (κ3) is 3.30. The van der Waals surface area contributed by atoms with Gasteiger partial charge in [-0.2, -0.15) is 5.26 Å². The van der Waals surface area contributed by atoms with Crippen molar-refractivity contribution in [3.63, 3.8) is 0 Å². The van der Waals surface area contributed by atoms with Gasteiger partial charge in [0.05, 0.1) is 6.07 Å². The summed E-state index contributed by atoms with van der Waals surface area (Å²) in [5.74, 6) is -4.88. The van der Waals surface area contributed by atoms with Gasteiger partial charge in [0.1, 0.15) is 11.6 Å². The molecule has 1 aromatic rings. The van der Waals surface area contributed by atoms with E-state index in [4.69, 9.17) is 5.26 Å². The van der Waals surface area contributed by atoms with Gasteiger partial charge in [-0.1, -0.05) is 6.07 Å². The monoisotopic (exact) mass is 306 g/mol. The maximum Gasteiger partial charge on any atom is 0.245 e. The summed E-state index contributed by atoms with van der Waals surface area (Å²) in [4.78, 5) is 24.1. The third-order valence-corrected chi connectivity index (χ3v) is 3.62. The van der Waals surface area contributed by atoms with Crippen molar-refractivity contribution in [1.29, 1.82) is 5.26 Å². The summed E-state index contributed by atoms with van der Waals surface area (Å²) in [6.45, 7) is 3.45. The number of amides is 1. The smallest absolute Gasteiger partial charge is 0.245 e. The number of hydrogen-bond acceptors (Lipinski definition) is 3. The molecular formula is C16H16F2N2O2. The van der Waals surface area contributed by atoms with Crippen LogP contribution >= 0.6 is 0 Å². The number of nitriles is 1. The Kier molecular flexibility index (Phi) is 4.55. The summed E-state index contributed by atoms with van der Waals surface area (Å²) < 4.78 is 26.6. The number of benzene rings is 1. The molecule has 2 rings (SSSR count). The molecule has 3 atom stereocenters. The molecule has 116 valence electrons. The van der Waals surface area contributed by atoms with Gasteiger partial charge in [0, 0.05) is 18.0 Å². The molecule has 1 N–H and O–H groups in total. The van der Waals surface area contributed by atoms with Crippen molar-refractivity contribution in [1.82, 2.24) is 5.32 Å². The first-order valence-corrected chi connectivity index (χ1v) is 7.03. The zero-order valence-electron chi connectivity index (χ0n) is 12.3. The van der Waals surface area contributed by atoms with Crippen LogP contribution in [0.25, 0.3) is 0 Å². The number of carbonyl (C=O) groups excluding carboxylic acids is 2. The van der Waals surface area contributed by atoms with E-state index in [1.165, 1.54) is 6.07 Å². The quantitative estimate of drug-likeness (QED) is 0.849. The normalized spacial score (nSPS) is 21.1. The lowest BCUT2D eigenvalue weighted by molar-refractivity contribution is -0.132. The number of nitrogens with zero attached hydrogens (tertiary/aromatic N) is 1. The molecule has 4 nitrogen and oxygen atoms in total. The fourth-order valence-corrected chi connectivity index (χ4v) is 2.49. The minimum absolute atomic E-state index is 0.180. The largest absolute Gasteiger partial charge is 0.352 e. The number of carbonyl (C=O) groups is 2. The Morgan fingerprint density at radius 2 is 2.05 bits per heavy atom. The number of Topliss-reactive ketones (excluding diaryl/α,β-unsaturated/α-hetero) is 1. The van der Waals surface area contributed by atoms with Crippen LogP contribution in [0.2, 0.25) is 0 Å². The van der Waals surface area contributed by atoms with Crippen LogP contribution in [0.3, 0.4) is 0 Å². The van der Waals surface area contributed by atoms with E-state index in [0.717, 1.165) is 12.1 Å². The van der Waals surface area contributed by atoms with Gasteiger partial charge in [0.15, 0.2) is 11.7 Å². The predicted octanol–water partition coefficient (Wildman–Crippen LogP) is 2.30. The Balaban J connectivity index is 2.09. The van der Waals surface area contributed by atoms with E-state index < -0.39 is 41.1 Å². The van der Waals surface area contributed by atoms with Crippen LogP contribution in [0.1, 0.15) is 31.7 Å². The van der Waals surface area contributed by atoms with Gasteiger partial charge in [-0.3, -0.25) is 9.59 Å². The SMILES string of the molecule is CC(C)NC(=O)[C@H](C#N)C(=O)[C@H]1C[C@H]1c1ccc(F)cc1F. The highest BCUT2D eigenvalue weighted by molar-refractivity contribution is 6.06. The zero-order valence-corrected chi connectivity index (χ0v) is 12.3. The highest BCUT2D eigenvalue weighted by atomic mass is 19.1. The van der Waals surface area contributed by atoms with Crippen molar-refractivity contribution in [3.8, 4) is 6.07 Å². The Morgan fingerprint density at radius 3 is 2.59 bits per heavy atom. The Bertz CT molecular complexity index is 652. The number of hydrogen-bond donors (Lipinski definition) is 1. The highest BCUT2D eigenvalue weighted by Crippen LogP contribution is 2.49. The second-order valence-electron chi connectivity index (χ2n) is 5.74. The summed E-state index contributed by atoms with van der Waals surface area (Å²) in [7, 11) is 0. The lowest BCUT2D eigenvalue weighted by atomic mass is 9.97. The molecule has 1 amide bonds. The lowest BCUT2D eigenvalue weighted by Crippen LogP contribution is -2.39. The molecule has 0 spiro atoms. The molecule has 1 aliphatic rings. The summed E-state index contributed by atoms with van der Waals surface area (Å²) in [5.41, 5.74) is 0.251. The first-order valence-electron chi connectivity index (χ1n) is 7.03. The van der Waals surface area contributed by atoms with Crippen molar-refractivity contribution in [2.45, 2.75) is 32.2 Å². The molecule has 1 aromatic carbocycles. The van der Waals surface area contributed by atoms with Crippen LogP contribution in [0.5, 0.6) is 0 Å². The van der Waals surface area contributed by atoms with E-state index in [-0.39, 0.29) is 11.6 Å². The molecule has 0 heterocycles. The molecule has 0 aliphatic heterocycles. The predicted molar refractivity (Wildman–Crippen MR) is 74.6 cm³/mol. The number of ketones is 1. The van der Waals surface area contributed by atoms with E-state index in [9.17, 15) is 18.4 Å². The molecule has 1 fully saturated rings. The first-order chi connectivity index (χ1) is 10.3. The average molecular weight is 306 g/mol. The Hall–Kier alpha value is -2.29. The molecule has 0 aromatic heterocycles. The van der Waals surface area contributed by atoms with E-state index in [2.05, 4.69) is 5.32 Å². The van der Waals surface area contributed by atoms with Crippen LogP contribution in [0.4, 0.5) is 8.78 Å². The van der Waals surface area contributed by atoms with Crippen LogP contribution in [0, 0.1) is 34.8 Å². The van der Waals surface area contributed by atoms with Crippen molar-refractivity contribution in [2.75, 3.05) is 0 Å². The molecule has 0 bridgehead atoms.